The quantitative estimate of drug-likeness (QED) is 0.257. The fraction of sp³-hybridized carbons (Fsp3) is 0.167. The van der Waals surface area contributed by atoms with E-state index in [9.17, 15) is 14.4 Å². The average Bonchev–Trinajstić information content (AvgIpc) is 3.17. The zero-order valence-corrected chi connectivity index (χ0v) is 20.1. The van der Waals surface area contributed by atoms with E-state index >= 15 is 0 Å². The average molecular weight is 480 g/mol. The smallest absolute Gasteiger partial charge is 0.313 e. The van der Waals surface area contributed by atoms with E-state index < -0.39 is 5.92 Å². The Balaban J connectivity index is 1.18. The first-order valence-electron chi connectivity index (χ1n) is 11.8. The van der Waals surface area contributed by atoms with E-state index in [1.54, 1.807) is 43.5 Å². The number of imide groups is 1. The van der Waals surface area contributed by atoms with Crippen LogP contribution in [0.3, 0.4) is 0 Å². The summed E-state index contributed by atoms with van der Waals surface area (Å²) in [7, 11) is 1.64. The van der Waals surface area contributed by atoms with Crippen molar-refractivity contribution in [2.75, 3.05) is 18.6 Å². The number of benzene rings is 4. The van der Waals surface area contributed by atoms with Crippen LogP contribution in [0.1, 0.15) is 44.7 Å². The van der Waals surface area contributed by atoms with E-state index in [0.29, 0.717) is 23.2 Å². The highest BCUT2D eigenvalue weighted by Crippen LogP contribution is 2.29. The summed E-state index contributed by atoms with van der Waals surface area (Å²) in [4.78, 5) is 39.2. The summed E-state index contributed by atoms with van der Waals surface area (Å²) in [5, 5.41) is 2.08. The van der Waals surface area contributed by atoms with Crippen LogP contribution in [0.25, 0.3) is 10.8 Å². The zero-order valence-electron chi connectivity index (χ0n) is 20.1. The molecule has 1 aliphatic heterocycles. The van der Waals surface area contributed by atoms with Crippen molar-refractivity contribution < 1.29 is 23.9 Å². The molecule has 0 aromatic heterocycles. The SMILES string of the molecule is COc1ccc2cc(C(C)C(=O)OCCc3ccc(N4C(=O)c5ccccc5C4=O)cc3)ccc2c1. The molecule has 5 rings (SSSR count). The van der Waals surface area contributed by atoms with Crippen LogP contribution in [-0.2, 0) is 16.0 Å². The highest BCUT2D eigenvalue weighted by molar-refractivity contribution is 6.34. The molecule has 0 aliphatic carbocycles. The van der Waals surface area contributed by atoms with Gasteiger partial charge in [-0.15, -0.1) is 0 Å². The van der Waals surface area contributed by atoms with Gasteiger partial charge in [-0.25, -0.2) is 4.90 Å². The molecule has 1 aliphatic rings. The first-order chi connectivity index (χ1) is 17.5. The first kappa shape index (κ1) is 23.3. The van der Waals surface area contributed by atoms with Crippen molar-refractivity contribution in [3.8, 4) is 5.75 Å². The molecule has 6 nitrogen and oxygen atoms in total. The normalized spacial score (nSPS) is 13.6. The molecule has 4 aromatic rings. The van der Waals surface area contributed by atoms with Crippen LogP contribution in [-0.4, -0.2) is 31.5 Å². The van der Waals surface area contributed by atoms with Gasteiger partial charge in [0.1, 0.15) is 5.75 Å². The molecule has 1 heterocycles. The Morgan fingerprint density at radius 2 is 1.47 bits per heavy atom. The number of hydrogen-bond acceptors (Lipinski definition) is 5. The Kier molecular flexibility index (Phi) is 6.25. The van der Waals surface area contributed by atoms with Gasteiger partial charge in [0.25, 0.3) is 11.8 Å². The lowest BCUT2D eigenvalue weighted by Crippen LogP contribution is -2.29. The van der Waals surface area contributed by atoms with Crippen molar-refractivity contribution in [3.63, 3.8) is 0 Å². The van der Waals surface area contributed by atoms with Crippen molar-refractivity contribution in [1.29, 1.82) is 0 Å². The Hall–Kier alpha value is -4.45. The molecule has 0 fully saturated rings. The Bertz CT molecular complexity index is 1440. The number of methoxy groups -OCH3 is 1. The van der Waals surface area contributed by atoms with Crippen LogP contribution in [0, 0.1) is 0 Å². The highest BCUT2D eigenvalue weighted by atomic mass is 16.5. The van der Waals surface area contributed by atoms with Gasteiger partial charge in [0.15, 0.2) is 0 Å². The maximum absolute atomic E-state index is 12.7. The van der Waals surface area contributed by atoms with Crippen molar-refractivity contribution in [3.05, 3.63) is 107 Å². The summed E-state index contributed by atoms with van der Waals surface area (Å²) in [6.07, 6.45) is 0.526. The third-order valence-electron chi connectivity index (χ3n) is 6.55. The van der Waals surface area contributed by atoms with Gasteiger partial charge in [0.2, 0.25) is 0 Å². The zero-order chi connectivity index (χ0) is 25.2. The molecular formula is C30H25NO5. The van der Waals surface area contributed by atoms with E-state index in [4.69, 9.17) is 9.47 Å². The van der Waals surface area contributed by atoms with Gasteiger partial charge in [0.05, 0.1) is 36.4 Å². The van der Waals surface area contributed by atoms with E-state index in [0.717, 1.165) is 27.6 Å². The Morgan fingerprint density at radius 3 is 2.14 bits per heavy atom. The molecule has 0 saturated carbocycles. The third-order valence-corrected chi connectivity index (χ3v) is 6.55. The number of anilines is 1. The van der Waals surface area contributed by atoms with Crippen molar-refractivity contribution in [2.24, 2.45) is 0 Å². The fourth-order valence-electron chi connectivity index (χ4n) is 4.40. The number of carbonyl (C=O) groups is 3. The maximum Gasteiger partial charge on any atom is 0.313 e. The molecule has 4 aromatic carbocycles. The van der Waals surface area contributed by atoms with Crippen LogP contribution >= 0.6 is 0 Å². The Labute approximate surface area is 209 Å². The second-order valence-corrected chi connectivity index (χ2v) is 8.77. The molecule has 0 saturated heterocycles. The van der Waals surface area contributed by atoms with Gasteiger partial charge in [-0.1, -0.05) is 48.5 Å². The molecule has 0 N–H and O–H groups in total. The highest BCUT2D eigenvalue weighted by Gasteiger charge is 2.36. The summed E-state index contributed by atoms with van der Waals surface area (Å²) in [6, 6.07) is 25.7. The van der Waals surface area contributed by atoms with E-state index in [2.05, 4.69) is 0 Å². The lowest BCUT2D eigenvalue weighted by Gasteiger charge is -2.15. The Morgan fingerprint density at radius 1 is 0.833 bits per heavy atom. The number of esters is 1. The van der Waals surface area contributed by atoms with E-state index in [1.807, 2.05) is 55.5 Å². The van der Waals surface area contributed by atoms with Crippen molar-refractivity contribution in [2.45, 2.75) is 19.3 Å². The lowest BCUT2D eigenvalue weighted by molar-refractivity contribution is -0.144. The summed E-state index contributed by atoms with van der Waals surface area (Å²) >= 11 is 0. The molecule has 0 bridgehead atoms. The van der Waals surface area contributed by atoms with Gasteiger partial charge >= 0.3 is 5.97 Å². The van der Waals surface area contributed by atoms with Crippen molar-refractivity contribution in [1.82, 2.24) is 0 Å². The fourth-order valence-corrected chi connectivity index (χ4v) is 4.40. The van der Waals surface area contributed by atoms with Crippen LogP contribution in [0.4, 0.5) is 5.69 Å². The predicted molar refractivity (Wildman–Crippen MR) is 138 cm³/mol. The predicted octanol–water partition coefficient (Wildman–Crippen LogP) is 5.54. The van der Waals surface area contributed by atoms with Gasteiger partial charge in [0, 0.05) is 6.42 Å². The molecule has 0 radical (unpaired) electrons. The summed E-state index contributed by atoms with van der Waals surface area (Å²) < 4.78 is 10.8. The lowest BCUT2D eigenvalue weighted by atomic mass is 9.98. The minimum Gasteiger partial charge on any atom is -0.497 e. The standard InChI is InChI=1S/C30H25NO5/c1-19(21-9-10-23-18-25(35-2)14-11-22(23)17-21)30(34)36-16-15-20-7-12-24(13-8-20)31-28(32)26-5-3-4-6-27(26)29(31)33/h3-14,17-19H,15-16H2,1-2H3. The maximum atomic E-state index is 12.7. The molecular weight excluding hydrogens is 454 g/mol. The molecule has 2 amide bonds. The van der Waals surface area contributed by atoms with Gasteiger partial charge < -0.3 is 9.47 Å². The number of ether oxygens (including phenoxy) is 2. The van der Waals surface area contributed by atoms with Crippen LogP contribution in [0.15, 0.2) is 84.9 Å². The second-order valence-electron chi connectivity index (χ2n) is 8.77. The van der Waals surface area contributed by atoms with Gasteiger partial charge in [-0.3, -0.25) is 14.4 Å². The number of hydrogen-bond donors (Lipinski definition) is 0. The monoisotopic (exact) mass is 479 g/mol. The minimum absolute atomic E-state index is 0.236. The number of fused-ring (bicyclic) bond motifs is 2. The van der Waals surface area contributed by atoms with Crippen LogP contribution in [0.2, 0.25) is 0 Å². The van der Waals surface area contributed by atoms with Crippen molar-refractivity contribution >= 4 is 34.2 Å². The summed E-state index contributed by atoms with van der Waals surface area (Å²) in [6.45, 7) is 2.07. The first-order valence-corrected chi connectivity index (χ1v) is 11.8. The molecule has 36 heavy (non-hydrogen) atoms. The second kappa shape index (κ2) is 9.66. The molecule has 1 unspecified atom stereocenters. The van der Waals surface area contributed by atoms with E-state index in [-0.39, 0.29) is 24.4 Å². The number of amides is 2. The minimum atomic E-state index is -0.396. The molecule has 1 atom stereocenters. The topological polar surface area (TPSA) is 72.9 Å². The van der Waals surface area contributed by atoms with E-state index in [1.165, 1.54) is 4.90 Å². The molecule has 6 heteroatoms. The number of carbonyl (C=O) groups excluding carboxylic acids is 3. The summed E-state index contributed by atoms with van der Waals surface area (Å²) in [5.74, 6) is -0.532. The number of rotatable bonds is 7. The largest absolute Gasteiger partial charge is 0.497 e. The number of nitrogens with zero attached hydrogens (tertiary/aromatic N) is 1. The van der Waals surface area contributed by atoms with Gasteiger partial charge in [-0.2, -0.15) is 0 Å². The van der Waals surface area contributed by atoms with Gasteiger partial charge in [-0.05, 0) is 65.2 Å². The molecule has 180 valence electrons. The third kappa shape index (κ3) is 4.33. The van der Waals surface area contributed by atoms with Crippen LogP contribution < -0.4 is 9.64 Å². The summed E-state index contributed by atoms with van der Waals surface area (Å²) in [5.41, 5.74) is 3.18. The van der Waals surface area contributed by atoms with Crippen LogP contribution in [0.5, 0.6) is 5.75 Å². The molecule has 0 spiro atoms.